The van der Waals surface area contributed by atoms with Gasteiger partial charge in [-0.05, 0) is 24.1 Å². The maximum absolute atomic E-state index is 11.3. The van der Waals surface area contributed by atoms with Gasteiger partial charge in [0.05, 0.1) is 0 Å². The second kappa shape index (κ2) is 6.92. The van der Waals surface area contributed by atoms with Crippen LogP contribution in [0.5, 0.6) is 0 Å². The molecule has 1 N–H and O–H groups in total. The number of carboxylic acids is 1. The molecule has 0 aliphatic rings. The molecule has 0 aliphatic heterocycles. The van der Waals surface area contributed by atoms with Gasteiger partial charge in [0, 0.05) is 9.92 Å². The molecule has 0 aromatic heterocycles. The summed E-state index contributed by atoms with van der Waals surface area (Å²) in [5.41, 5.74) is 0. The standard InChI is InChI=1S/C13H17ClO2S/c1-3-9(4-2)12(13(15)16)17-11-7-5-6-10(14)8-11/h5-9,12H,3-4H2,1-2H3,(H,15,16). The lowest BCUT2D eigenvalue weighted by atomic mass is 9.99. The number of hydrogen-bond acceptors (Lipinski definition) is 2. The van der Waals surface area contributed by atoms with Gasteiger partial charge in [0.1, 0.15) is 5.25 Å². The second-order valence-corrected chi connectivity index (χ2v) is 5.56. The summed E-state index contributed by atoms with van der Waals surface area (Å²) in [6.45, 7) is 4.06. The largest absolute Gasteiger partial charge is 0.480 e. The molecule has 1 atom stereocenters. The Kier molecular flexibility index (Phi) is 5.86. The first-order chi connectivity index (χ1) is 8.08. The van der Waals surface area contributed by atoms with E-state index in [-0.39, 0.29) is 5.92 Å². The third-order valence-electron chi connectivity index (χ3n) is 2.78. The number of halogens is 1. The maximum atomic E-state index is 11.3. The van der Waals surface area contributed by atoms with Gasteiger partial charge in [-0.2, -0.15) is 0 Å². The first kappa shape index (κ1) is 14.4. The molecule has 0 spiro atoms. The van der Waals surface area contributed by atoms with Crippen molar-refractivity contribution in [2.75, 3.05) is 0 Å². The van der Waals surface area contributed by atoms with Crippen molar-refractivity contribution in [1.82, 2.24) is 0 Å². The highest BCUT2D eigenvalue weighted by Crippen LogP contribution is 2.32. The first-order valence-electron chi connectivity index (χ1n) is 5.73. The summed E-state index contributed by atoms with van der Waals surface area (Å²) in [7, 11) is 0. The molecular formula is C13H17ClO2S. The van der Waals surface area contributed by atoms with Crippen molar-refractivity contribution in [3.05, 3.63) is 29.3 Å². The van der Waals surface area contributed by atoms with Crippen molar-refractivity contribution in [1.29, 1.82) is 0 Å². The number of benzene rings is 1. The minimum Gasteiger partial charge on any atom is -0.480 e. The summed E-state index contributed by atoms with van der Waals surface area (Å²) in [5, 5.41) is 9.53. The van der Waals surface area contributed by atoms with E-state index >= 15 is 0 Å². The predicted molar refractivity (Wildman–Crippen MR) is 72.8 cm³/mol. The van der Waals surface area contributed by atoms with Crippen LogP contribution in [0.1, 0.15) is 26.7 Å². The smallest absolute Gasteiger partial charge is 0.317 e. The van der Waals surface area contributed by atoms with Crippen LogP contribution in [0.15, 0.2) is 29.2 Å². The van der Waals surface area contributed by atoms with Crippen LogP contribution in [0.2, 0.25) is 5.02 Å². The van der Waals surface area contributed by atoms with Gasteiger partial charge in [-0.1, -0.05) is 44.4 Å². The molecule has 0 aliphatic carbocycles. The van der Waals surface area contributed by atoms with Crippen molar-refractivity contribution in [2.24, 2.45) is 5.92 Å². The predicted octanol–water partition coefficient (Wildman–Crippen LogP) is 4.32. The van der Waals surface area contributed by atoms with Crippen LogP contribution in [0.3, 0.4) is 0 Å². The summed E-state index contributed by atoms with van der Waals surface area (Å²) >= 11 is 7.28. The normalized spacial score (nSPS) is 12.7. The van der Waals surface area contributed by atoms with Crippen LogP contribution < -0.4 is 0 Å². The average molecular weight is 273 g/mol. The molecule has 0 saturated carbocycles. The Hall–Kier alpha value is -0.670. The van der Waals surface area contributed by atoms with E-state index in [9.17, 15) is 9.90 Å². The van der Waals surface area contributed by atoms with E-state index in [1.54, 1.807) is 6.07 Å². The van der Waals surface area contributed by atoms with Gasteiger partial charge in [-0.25, -0.2) is 0 Å². The Balaban J connectivity index is 2.83. The van der Waals surface area contributed by atoms with E-state index in [0.29, 0.717) is 5.02 Å². The Morgan fingerprint density at radius 2 is 2.06 bits per heavy atom. The molecule has 1 aromatic rings. The number of thioether (sulfide) groups is 1. The molecule has 2 nitrogen and oxygen atoms in total. The highest BCUT2D eigenvalue weighted by Gasteiger charge is 2.26. The Morgan fingerprint density at radius 3 is 2.53 bits per heavy atom. The Bertz CT molecular complexity index is 377. The van der Waals surface area contributed by atoms with Gasteiger partial charge in [-0.15, -0.1) is 11.8 Å². The summed E-state index contributed by atoms with van der Waals surface area (Å²) in [5.74, 6) is -0.555. The molecule has 0 amide bonds. The number of hydrogen-bond donors (Lipinski definition) is 1. The van der Waals surface area contributed by atoms with E-state index in [0.717, 1.165) is 17.7 Å². The molecule has 17 heavy (non-hydrogen) atoms. The van der Waals surface area contributed by atoms with Crippen molar-refractivity contribution in [3.63, 3.8) is 0 Å². The summed E-state index contributed by atoms with van der Waals surface area (Å²) in [4.78, 5) is 12.2. The van der Waals surface area contributed by atoms with Gasteiger partial charge < -0.3 is 5.11 Å². The Morgan fingerprint density at radius 1 is 1.41 bits per heavy atom. The van der Waals surface area contributed by atoms with Crippen LogP contribution in [-0.2, 0) is 4.79 Å². The van der Waals surface area contributed by atoms with E-state index in [4.69, 9.17) is 11.6 Å². The molecule has 0 saturated heterocycles. The molecule has 1 unspecified atom stereocenters. The monoisotopic (exact) mass is 272 g/mol. The molecule has 0 fully saturated rings. The highest BCUT2D eigenvalue weighted by molar-refractivity contribution is 8.00. The van der Waals surface area contributed by atoms with E-state index in [1.807, 2.05) is 32.0 Å². The lowest BCUT2D eigenvalue weighted by Crippen LogP contribution is -2.25. The highest BCUT2D eigenvalue weighted by atomic mass is 35.5. The van der Waals surface area contributed by atoms with Crippen LogP contribution in [0.25, 0.3) is 0 Å². The first-order valence-corrected chi connectivity index (χ1v) is 6.99. The SMILES string of the molecule is CCC(CC)C(Sc1cccc(Cl)c1)C(=O)O. The minimum atomic E-state index is -0.747. The molecule has 0 heterocycles. The number of rotatable bonds is 6. The molecule has 0 bridgehead atoms. The van der Waals surface area contributed by atoms with Crippen molar-refractivity contribution < 1.29 is 9.90 Å². The number of carboxylic acid groups (broad SMARTS) is 1. The fourth-order valence-electron chi connectivity index (χ4n) is 1.75. The fraction of sp³-hybridized carbons (Fsp3) is 0.462. The molecule has 94 valence electrons. The molecule has 1 rings (SSSR count). The zero-order chi connectivity index (χ0) is 12.8. The van der Waals surface area contributed by atoms with E-state index in [1.165, 1.54) is 11.8 Å². The molecule has 4 heteroatoms. The molecule has 0 radical (unpaired) electrons. The van der Waals surface area contributed by atoms with E-state index < -0.39 is 11.2 Å². The van der Waals surface area contributed by atoms with Gasteiger partial charge in [0.15, 0.2) is 0 Å². The zero-order valence-corrected chi connectivity index (χ0v) is 11.6. The maximum Gasteiger partial charge on any atom is 0.317 e. The van der Waals surface area contributed by atoms with Gasteiger partial charge in [-0.3, -0.25) is 4.79 Å². The van der Waals surface area contributed by atoms with Crippen molar-refractivity contribution >= 4 is 29.3 Å². The molecule has 1 aromatic carbocycles. The van der Waals surface area contributed by atoms with Crippen LogP contribution in [-0.4, -0.2) is 16.3 Å². The van der Waals surface area contributed by atoms with Crippen LogP contribution in [0.4, 0.5) is 0 Å². The van der Waals surface area contributed by atoms with Crippen molar-refractivity contribution in [3.8, 4) is 0 Å². The van der Waals surface area contributed by atoms with Gasteiger partial charge in [0.2, 0.25) is 0 Å². The second-order valence-electron chi connectivity index (χ2n) is 3.91. The number of aliphatic carboxylic acids is 1. The van der Waals surface area contributed by atoms with E-state index in [2.05, 4.69) is 0 Å². The topological polar surface area (TPSA) is 37.3 Å². The van der Waals surface area contributed by atoms with Crippen LogP contribution >= 0.6 is 23.4 Å². The fourth-order valence-corrected chi connectivity index (χ4v) is 3.33. The Labute approximate surface area is 111 Å². The van der Waals surface area contributed by atoms with Gasteiger partial charge in [0.25, 0.3) is 0 Å². The van der Waals surface area contributed by atoms with Crippen LogP contribution in [0, 0.1) is 5.92 Å². The third kappa shape index (κ3) is 4.25. The quantitative estimate of drug-likeness (QED) is 0.784. The third-order valence-corrected chi connectivity index (χ3v) is 4.38. The minimum absolute atomic E-state index is 0.191. The van der Waals surface area contributed by atoms with Crippen molar-refractivity contribution in [2.45, 2.75) is 36.8 Å². The lowest BCUT2D eigenvalue weighted by Gasteiger charge is -2.20. The zero-order valence-electron chi connectivity index (χ0n) is 10.0. The summed E-state index contributed by atoms with van der Waals surface area (Å²) < 4.78 is 0. The van der Waals surface area contributed by atoms with Gasteiger partial charge >= 0.3 is 5.97 Å². The number of carbonyl (C=O) groups is 1. The average Bonchev–Trinajstić information content (AvgIpc) is 2.29. The summed E-state index contributed by atoms with van der Waals surface area (Å²) in [6.07, 6.45) is 1.75. The lowest BCUT2D eigenvalue weighted by molar-refractivity contribution is -0.137. The summed E-state index contributed by atoms with van der Waals surface area (Å²) in [6, 6.07) is 7.34. The molecular weight excluding hydrogens is 256 g/mol.